The zero-order valence-electron chi connectivity index (χ0n) is 19.8. The molecule has 4 fully saturated rings. The number of ketones is 1. The number of ether oxygens (including phenoxy) is 1. The molecular weight excluding hydrogens is 388 g/mol. The summed E-state index contributed by atoms with van der Waals surface area (Å²) in [7, 11) is 0. The summed E-state index contributed by atoms with van der Waals surface area (Å²) in [5, 5.41) is 11.2. The number of fused-ring (bicyclic) bond motifs is 5. The van der Waals surface area contributed by atoms with Crippen molar-refractivity contribution in [3.8, 4) is 11.8 Å². The Morgan fingerprint density at radius 2 is 1.71 bits per heavy atom. The Morgan fingerprint density at radius 1 is 0.968 bits per heavy atom. The third kappa shape index (κ3) is 3.97. The highest BCUT2D eigenvalue weighted by atomic mass is 16.5. The molecule has 31 heavy (non-hydrogen) atoms. The lowest BCUT2D eigenvalue weighted by atomic mass is 9.44. The molecular formula is C27H40O4. The minimum atomic E-state index is -0.899. The second kappa shape index (κ2) is 8.22. The highest BCUT2D eigenvalue weighted by Crippen LogP contribution is 2.68. The maximum atomic E-state index is 12.3. The van der Waals surface area contributed by atoms with Crippen LogP contribution >= 0.6 is 0 Å². The van der Waals surface area contributed by atoms with Gasteiger partial charge in [-0.25, -0.2) is 0 Å². The fourth-order valence-corrected chi connectivity index (χ4v) is 8.50. The fourth-order valence-electron chi connectivity index (χ4n) is 8.50. The molecule has 0 aromatic heterocycles. The third-order valence-corrected chi connectivity index (χ3v) is 10.1. The van der Waals surface area contributed by atoms with E-state index in [1.54, 1.807) is 6.92 Å². The van der Waals surface area contributed by atoms with E-state index in [1.165, 1.54) is 39.0 Å². The summed E-state index contributed by atoms with van der Waals surface area (Å²) in [6.07, 6.45) is 10.2. The Morgan fingerprint density at radius 3 is 2.42 bits per heavy atom. The molecule has 0 aromatic carbocycles. The van der Waals surface area contributed by atoms with Crippen molar-refractivity contribution in [2.24, 2.45) is 40.4 Å². The van der Waals surface area contributed by atoms with Crippen LogP contribution in [0.3, 0.4) is 0 Å². The number of hydrogen-bond donors (Lipinski definition) is 1. The molecule has 4 saturated carbocycles. The molecule has 4 rings (SSSR count). The number of aliphatic hydroxyl groups is 1. The van der Waals surface area contributed by atoms with E-state index in [-0.39, 0.29) is 22.7 Å². The molecule has 0 aromatic rings. The number of carbonyl (C=O) groups is 2. The van der Waals surface area contributed by atoms with Crippen LogP contribution in [0.15, 0.2) is 0 Å². The highest BCUT2D eigenvalue weighted by molar-refractivity contribution is 5.79. The van der Waals surface area contributed by atoms with E-state index in [0.29, 0.717) is 30.6 Å². The van der Waals surface area contributed by atoms with E-state index in [1.807, 2.05) is 0 Å². The zero-order chi connectivity index (χ0) is 22.4. The van der Waals surface area contributed by atoms with Crippen LogP contribution in [0.4, 0.5) is 0 Å². The van der Waals surface area contributed by atoms with Crippen LogP contribution in [0.1, 0.15) is 91.9 Å². The maximum absolute atomic E-state index is 12.3. The second-order valence-electron chi connectivity index (χ2n) is 11.6. The van der Waals surface area contributed by atoms with Gasteiger partial charge in [0.1, 0.15) is 18.0 Å². The number of rotatable bonds is 3. The van der Waals surface area contributed by atoms with E-state index >= 15 is 0 Å². The Labute approximate surface area is 187 Å². The van der Waals surface area contributed by atoms with E-state index in [2.05, 4.69) is 25.7 Å². The number of esters is 1. The lowest BCUT2D eigenvalue weighted by Gasteiger charge is -2.61. The molecule has 1 N–H and O–H groups in total. The number of hydrogen-bond acceptors (Lipinski definition) is 4. The van der Waals surface area contributed by atoms with Gasteiger partial charge in [0, 0.05) is 19.3 Å². The van der Waals surface area contributed by atoms with E-state index in [9.17, 15) is 14.7 Å². The first-order chi connectivity index (χ1) is 14.6. The van der Waals surface area contributed by atoms with Gasteiger partial charge in [-0.15, -0.1) is 0 Å². The lowest BCUT2D eigenvalue weighted by molar-refractivity contribution is -0.144. The van der Waals surface area contributed by atoms with Crippen LogP contribution < -0.4 is 0 Å². The normalized spacial score (nSPS) is 46.0. The minimum Gasteiger partial charge on any atom is -0.465 e. The standard InChI is InChI=1S/C27H40O4/c1-18(28)22-9-10-23-21-8-7-20-17-27(30,12-5-6-16-31-19(2)29)15-14-25(20,3)24(21)11-13-26(22,23)4/h20-24,30H,6-11,13-17H2,1-4H3/t20-,21-,22+,23-,24-,25-,26+,27+/m0/s1. The van der Waals surface area contributed by atoms with Gasteiger partial charge in [-0.05, 0) is 99.2 Å². The predicted octanol–water partition coefficient (Wildman–Crippen LogP) is 4.92. The van der Waals surface area contributed by atoms with E-state index in [0.717, 1.165) is 37.5 Å². The third-order valence-electron chi connectivity index (χ3n) is 10.1. The van der Waals surface area contributed by atoms with Crippen LogP contribution in [-0.4, -0.2) is 29.1 Å². The first kappa shape index (κ1) is 22.8. The Kier molecular flexibility index (Phi) is 6.05. The van der Waals surface area contributed by atoms with Crippen LogP contribution in [0.5, 0.6) is 0 Å². The summed E-state index contributed by atoms with van der Waals surface area (Å²) in [6.45, 7) is 8.40. The van der Waals surface area contributed by atoms with Crippen LogP contribution in [0.2, 0.25) is 0 Å². The summed E-state index contributed by atoms with van der Waals surface area (Å²) in [6, 6.07) is 0. The smallest absolute Gasteiger partial charge is 0.302 e. The molecule has 0 bridgehead atoms. The number of Topliss-reactive ketones (excluding diaryl/α,β-unsaturated/α-hetero) is 1. The van der Waals surface area contributed by atoms with Crippen LogP contribution in [0, 0.1) is 52.3 Å². The summed E-state index contributed by atoms with van der Waals surface area (Å²) in [4.78, 5) is 23.2. The Bertz CT molecular complexity index is 793. The largest absolute Gasteiger partial charge is 0.465 e. The monoisotopic (exact) mass is 428 g/mol. The first-order valence-corrected chi connectivity index (χ1v) is 12.5. The molecule has 0 saturated heterocycles. The zero-order valence-corrected chi connectivity index (χ0v) is 19.8. The fraction of sp³-hybridized carbons (Fsp3) is 0.852. The molecule has 0 amide bonds. The van der Waals surface area contributed by atoms with Gasteiger partial charge in [-0.2, -0.15) is 0 Å². The van der Waals surface area contributed by atoms with Gasteiger partial charge in [0.2, 0.25) is 0 Å². The average molecular weight is 429 g/mol. The second-order valence-corrected chi connectivity index (χ2v) is 11.6. The van der Waals surface area contributed by atoms with Crippen molar-refractivity contribution in [2.45, 2.75) is 97.5 Å². The molecule has 0 radical (unpaired) electrons. The van der Waals surface area contributed by atoms with Gasteiger partial charge < -0.3 is 9.84 Å². The van der Waals surface area contributed by atoms with Gasteiger partial charge in [0.05, 0.1) is 0 Å². The average Bonchev–Trinajstić information content (AvgIpc) is 3.06. The molecule has 0 aliphatic heterocycles. The van der Waals surface area contributed by atoms with Gasteiger partial charge in [-0.1, -0.05) is 25.7 Å². The van der Waals surface area contributed by atoms with Crippen molar-refractivity contribution in [1.29, 1.82) is 0 Å². The maximum Gasteiger partial charge on any atom is 0.302 e. The van der Waals surface area contributed by atoms with Crippen molar-refractivity contribution >= 4 is 11.8 Å². The molecule has 8 atom stereocenters. The molecule has 0 heterocycles. The topological polar surface area (TPSA) is 63.6 Å². The van der Waals surface area contributed by atoms with Crippen molar-refractivity contribution in [3.05, 3.63) is 0 Å². The van der Waals surface area contributed by atoms with Gasteiger partial charge in [0.25, 0.3) is 0 Å². The summed E-state index contributed by atoms with van der Waals surface area (Å²) >= 11 is 0. The SMILES string of the molecule is CC(=O)OCCC#C[C@@]1(O)CC[C@@]2(C)[C@@H](CC[C@@H]3[C@@H]2CC[C@]2(C)[C@@H](C(C)=O)CC[C@@H]32)C1. The molecule has 0 spiro atoms. The molecule has 4 heteroatoms. The van der Waals surface area contributed by atoms with Gasteiger partial charge in [-0.3, -0.25) is 9.59 Å². The molecule has 4 aliphatic carbocycles. The quantitative estimate of drug-likeness (QED) is 0.394. The first-order valence-electron chi connectivity index (χ1n) is 12.5. The molecule has 0 unspecified atom stereocenters. The van der Waals surface area contributed by atoms with Crippen LogP contribution in [0.25, 0.3) is 0 Å². The molecule has 4 nitrogen and oxygen atoms in total. The van der Waals surface area contributed by atoms with Crippen molar-refractivity contribution in [2.75, 3.05) is 6.61 Å². The van der Waals surface area contributed by atoms with Crippen molar-refractivity contribution < 1.29 is 19.4 Å². The summed E-state index contributed by atoms with van der Waals surface area (Å²) in [5.41, 5.74) is -0.410. The van der Waals surface area contributed by atoms with E-state index in [4.69, 9.17) is 4.74 Å². The lowest BCUT2D eigenvalue weighted by Crippen LogP contribution is -2.56. The van der Waals surface area contributed by atoms with Crippen molar-refractivity contribution in [3.63, 3.8) is 0 Å². The molecule has 172 valence electrons. The van der Waals surface area contributed by atoms with E-state index < -0.39 is 5.60 Å². The Balaban J connectivity index is 1.45. The highest BCUT2D eigenvalue weighted by Gasteiger charge is 2.61. The van der Waals surface area contributed by atoms with Crippen LogP contribution in [-0.2, 0) is 14.3 Å². The summed E-state index contributed by atoms with van der Waals surface area (Å²) in [5.74, 6) is 9.24. The molecule has 4 aliphatic rings. The number of carbonyl (C=O) groups excluding carboxylic acids is 2. The Hall–Kier alpha value is -1.34. The van der Waals surface area contributed by atoms with Crippen molar-refractivity contribution in [1.82, 2.24) is 0 Å². The minimum absolute atomic E-state index is 0.207. The van der Waals surface area contributed by atoms with Gasteiger partial charge in [0.15, 0.2) is 0 Å². The predicted molar refractivity (Wildman–Crippen MR) is 120 cm³/mol. The summed E-state index contributed by atoms with van der Waals surface area (Å²) < 4.78 is 4.95. The van der Waals surface area contributed by atoms with Gasteiger partial charge >= 0.3 is 5.97 Å².